The number of benzene rings is 1. The number of likely N-dealkylation sites (N-methyl/N-ethyl adjacent to an activating group) is 1. The molecule has 0 aliphatic rings. The van der Waals surface area contributed by atoms with Crippen LogP contribution in [0.5, 0.6) is 5.75 Å². The van der Waals surface area contributed by atoms with Crippen molar-refractivity contribution in [2.45, 2.75) is 59.3 Å². The van der Waals surface area contributed by atoms with Gasteiger partial charge >= 0.3 is 0 Å². The first-order valence-corrected chi connectivity index (χ1v) is 7.74. The highest BCUT2D eigenvalue weighted by Gasteiger charge is 2.24. The molecule has 114 valence electrons. The molecule has 1 aromatic rings. The molecule has 0 aromatic heterocycles. The van der Waals surface area contributed by atoms with Crippen molar-refractivity contribution in [3.8, 4) is 5.75 Å². The summed E-state index contributed by atoms with van der Waals surface area (Å²) in [6.45, 7) is 12.1. The lowest BCUT2D eigenvalue weighted by Gasteiger charge is -2.29. The summed E-state index contributed by atoms with van der Waals surface area (Å²) in [6.07, 6.45) is 1.31. The maximum absolute atomic E-state index is 5.95. The minimum absolute atomic E-state index is 0.164. The van der Waals surface area contributed by atoms with E-state index in [0.717, 1.165) is 25.3 Å². The number of para-hydroxylation sites is 1. The maximum Gasteiger partial charge on any atom is 0.124 e. The van der Waals surface area contributed by atoms with Crippen LogP contribution in [-0.2, 0) is 4.74 Å². The quantitative estimate of drug-likeness (QED) is 0.742. The van der Waals surface area contributed by atoms with Gasteiger partial charge in [-0.15, -0.1) is 0 Å². The van der Waals surface area contributed by atoms with Gasteiger partial charge in [0.1, 0.15) is 5.75 Å². The van der Waals surface area contributed by atoms with Gasteiger partial charge in [0.2, 0.25) is 0 Å². The summed E-state index contributed by atoms with van der Waals surface area (Å²) in [5.74, 6) is 0.951. The van der Waals surface area contributed by atoms with Crippen molar-refractivity contribution >= 4 is 0 Å². The fourth-order valence-corrected chi connectivity index (χ4v) is 2.42. The molecule has 0 amide bonds. The van der Waals surface area contributed by atoms with Crippen molar-refractivity contribution in [2.24, 2.45) is 0 Å². The second kappa shape index (κ2) is 8.98. The first-order chi connectivity index (χ1) is 9.63. The van der Waals surface area contributed by atoms with Crippen LogP contribution in [0.4, 0.5) is 0 Å². The fraction of sp³-hybridized carbons (Fsp3) is 0.647. The lowest BCUT2D eigenvalue weighted by Crippen LogP contribution is -2.34. The third-order valence-corrected chi connectivity index (χ3v) is 3.20. The summed E-state index contributed by atoms with van der Waals surface area (Å²) in [7, 11) is 0. The van der Waals surface area contributed by atoms with Gasteiger partial charge < -0.3 is 14.8 Å². The lowest BCUT2D eigenvalue weighted by molar-refractivity contribution is 0.0308. The first kappa shape index (κ1) is 17.0. The molecule has 0 aliphatic heterocycles. The van der Waals surface area contributed by atoms with Crippen molar-refractivity contribution in [3.05, 3.63) is 29.8 Å². The van der Waals surface area contributed by atoms with Crippen molar-refractivity contribution in [3.63, 3.8) is 0 Å². The summed E-state index contributed by atoms with van der Waals surface area (Å²) in [5.41, 5.74) is 1.18. The Labute approximate surface area is 123 Å². The van der Waals surface area contributed by atoms with Gasteiger partial charge in [-0.1, -0.05) is 32.0 Å². The van der Waals surface area contributed by atoms with E-state index in [4.69, 9.17) is 9.47 Å². The molecule has 2 atom stereocenters. The number of hydrogen-bond donors (Lipinski definition) is 1. The van der Waals surface area contributed by atoms with Crippen LogP contribution in [0, 0.1) is 0 Å². The third kappa shape index (κ3) is 4.80. The van der Waals surface area contributed by atoms with Gasteiger partial charge in [0.05, 0.1) is 18.2 Å². The van der Waals surface area contributed by atoms with Gasteiger partial charge in [-0.25, -0.2) is 0 Å². The third-order valence-electron chi connectivity index (χ3n) is 3.20. The Bertz CT molecular complexity index is 379. The van der Waals surface area contributed by atoms with Gasteiger partial charge in [-0.2, -0.15) is 0 Å². The van der Waals surface area contributed by atoms with Crippen LogP contribution >= 0.6 is 0 Å². The Hall–Kier alpha value is -1.06. The molecular formula is C17H29NO2. The Morgan fingerprint density at radius 1 is 1.10 bits per heavy atom. The summed E-state index contributed by atoms with van der Waals surface area (Å²) >= 11 is 0. The molecule has 1 rings (SSSR count). The van der Waals surface area contributed by atoms with E-state index in [9.17, 15) is 0 Å². The van der Waals surface area contributed by atoms with Crippen molar-refractivity contribution in [2.75, 3.05) is 13.2 Å². The van der Waals surface area contributed by atoms with E-state index in [2.05, 4.69) is 45.1 Å². The van der Waals surface area contributed by atoms with Crippen LogP contribution in [0.2, 0.25) is 0 Å². The van der Waals surface area contributed by atoms with Crippen molar-refractivity contribution in [1.82, 2.24) is 5.32 Å². The maximum atomic E-state index is 5.95. The Kier molecular flexibility index (Phi) is 7.63. The minimum atomic E-state index is 0.164. The molecule has 0 aliphatic carbocycles. The van der Waals surface area contributed by atoms with Gasteiger partial charge in [-0.3, -0.25) is 0 Å². The summed E-state index contributed by atoms with van der Waals surface area (Å²) in [5, 5.41) is 3.54. The average Bonchev–Trinajstić information content (AvgIpc) is 2.43. The van der Waals surface area contributed by atoms with Crippen LogP contribution in [0.1, 0.15) is 52.6 Å². The van der Waals surface area contributed by atoms with Crippen LogP contribution in [0.15, 0.2) is 24.3 Å². The number of rotatable bonds is 9. The molecule has 1 N–H and O–H groups in total. The molecule has 20 heavy (non-hydrogen) atoms. The van der Waals surface area contributed by atoms with E-state index in [-0.39, 0.29) is 18.2 Å². The summed E-state index contributed by atoms with van der Waals surface area (Å²) in [6, 6.07) is 8.42. The Morgan fingerprint density at radius 3 is 2.35 bits per heavy atom. The standard InChI is InChI=1S/C17H29NO2/c1-6-15(19-8-3)17(18-7-2)14-11-9-10-12-16(14)20-13(4)5/h9-13,15,17-18H,6-8H2,1-5H3. The van der Waals surface area contributed by atoms with Crippen LogP contribution in [0.25, 0.3) is 0 Å². The lowest BCUT2D eigenvalue weighted by atomic mass is 9.98. The minimum Gasteiger partial charge on any atom is -0.491 e. The normalized spacial score (nSPS) is 14.3. The van der Waals surface area contributed by atoms with E-state index in [1.54, 1.807) is 0 Å². The number of nitrogens with one attached hydrogen (secondary N) is 1. The predicted molar refractivity (Wildman–Crippen MR) is 84.3 cm³/mol. The zero-order chi connectivity index (χ0) is 15.0. The molecule has 0 radical (unpaired) electrons. The zero-order valence-electron chi connectivity index (χ0n) is 13.5. The zero-order valence-corrected chi connectivity index (χ0v) is 13.5. The molecule has 3 heteroatoms. The number of hydrogen-bond acceptors (Lipinski definition) is 3. The van der Waals surface area contributed by atoms with Gasteiger partial charge in [0, 0.05) is 12.2 Å². The summed E-state index contributed by atoms with van der Waals surface area (Å²) in [4.78, 5) is 0. The molecule has 0 saturated carbocycles. The van der Waals surface area contributed by atoms with Gasteiger partial charge in [0.15, 0.2) is 0 Å². The molecule has 0 bridgehead atoms. The topological polar surface area (TPSA) is 30.5 Å². The highest BCUT2D eigenvalue weighted by Crippen LogP contribution is 2.30. The Balaban J connectivity index is 3.06. The number of ether oxygens (including phenoxy) is 2. The highest BCUT2D eigenvalue weighted by atomic mass is 16.5. The first-order valence-electron chi connectivity index (χ1n) is 7.74. The van der Waals surface area contributed by atoms with E-state index >= 15 is 0 Å². The van der Waals surface area contributed by atoms with Crippen LogP contribution < -0.4 is 10.1 Å². The molecule has 2 unspecified atom stereocenters. The van der Waals surface area contributed by atoms with Crippen LogP contribution in [0.3, 0.4) is 0 Å². The van der Waals surface area contributed by atoms with Gasteiger partial charge in [0.25, 0.3) is 0 Å². The molecule has 3 nitrogen and oxygen atoms in total. The van der Waals surface area contributed by atoms with E-state index < -0.39 is 0 Å². The molecule has 0 saturated heterocycles. The van der Waals surface area contributed by atoms with Crippen molar-refractivity contribution in [1.29, 1.82) is 0 Å². The van der Waals surface area contributed by atoms with Crippen LogP contribution in [-0.4, -0.2) is 25.4 Å². The molecular weight excluding hydrogens is 250 g/mol. The highest BCUT2D eigenvalue weighted by molar-refractivity contribution is 5.36. The second-order valence-corrected chi connectivity index (χ2v) is 5.14. The van der Waals surface area contributed by atoms with E-state index in [1.165, 1.54) is 5.56 Å². The summed E-state index contributed by atoms with van der Waals surface area (Å²) < 4.78 is 11.9. The average molecular weight is 279 g/mol. The van der Waals surface area contributed by atoms with Crippen molar-refractivity contribution < 1.29 is 9.47 Å². The molecule has 0 heterocycles. The fourth-order valence-electron chi connectivity index (χ4n) is 2.42. The predicted octanol–water partition coefficient (Wildman–Crippen LogP) is 3.94. The van der Waals surface area contributed by atoms with E-state index in [0.29, 0.717) is 0 Å². The molecule has 0 fully saturated rings. The van der Waals surface area contributed by atoms with E-state index in [1.807, 2.05) is 19.1 Å². The molecule has 0 spiro atoms. The largest absolute Gasteiger partial charge is 0.491 e. The SMILES string of the molecule is CCNC(c1ccccc1OC(C)C)C(CC)OCC. The molecule has 1 aromatic carbocycles. The Morgan fingerprint density at radius 2 is 1.80 bits per heavy atom. The smallest absolute Gasteiger partial charge is 0.124 e. The second-order valence-electron chi connectivity index (χ2n) is 5.14. The monoisotopic (exact) mass is 279 g/mol. The van der Waals surface area contributed by atoms with Gasteiger partial charge in [-0.05, 0) is 39.8 Å².